The van der Waals surface area contributed by atoms with Gasteiger partial charge < -0.3 is 10.1 Å². The maximum absolute atomic E-state index is 5.62. The molecule has 0 saturated carbocycles. The second kappa shape index (κ2) is 6.12. The molecule has 1 aromatic heterocycles. The minimum absolute atomic E-state index is 0.513. The Hall–Kier alpha value is -1.94. The molecule has 0 fully saturated rings. The Morgan fingerprint density at radius 3 is 2.44 bits per heavy atom. The van der Waals surface area contributed by atoms with Crippen molar-refractivity contribution in [3.8, 4) is 11.6 Å². The SMILES string of the molecule is CCc1ccc(Oc2cnc(CNC)cn2)cc1. The summed E-state index contributed by atoms with van der Waals surface area (Å²) in [5, 5.41) is 3.02. The van der Waals surface area contributed by atoms with E-state index < -0.39 is 0 Å². The van der Waals surface area contributed by atoms with Gasteiger partial charge in [0.05, 0.1) is 18.1 Å². The lowest BCUT2D eigenvalue weighted by Gasteiger charge is -2.05. The monoisotopic (exact) mass is 243 g/mol. The van der Waals surface area contributed by atoms with Crippen LogP contribution in [0.15, 0.2) is 36.7 Å². The van der Waals surface area contributed by atoms with Crippen molar-refractivity contribution in [1.29, 1.82) is 0 Å². The molecule has 0 aliphatic carbocycles. The molecule has 0 saturated heterocycles. The van der Waals surface area contributed by atoms with E-state index in [1.54, 1.807) is 12.4 Å². The number of aromatic nitrogens is 2. The lowest BCUT2D eigenvalue weighted by molar-refractivity contribution is 0.458. The summed E-state index contributed by atoms with van der Waals surface area (Å²) in [6, 6.07) is 8.00. The topological polar surface area (TPSA) is 47.0 Å². The summed E-state index contributed by atoms with van der Waals surface area (Å²) in [6.45, 7) is 2.83. The quantitative estimate of drug-likeness (QED) is 0.876. The highest BCUT2D eigenvalue weighted by molar-refractivity contribution is 5.29. The summed E-state index contributed by atoms with van der Waals surface area (Å²) in [6.07, 6.45) is 4.38. The Morgan fingerprint density at radius 1 is 1.11 bits per heavy atom. The number of nitrogens with one attached hydrogen (secondary N) is 1. The summed E-state index contributed by atoms with van der Waals surface area (Å²) >= 11 is 0. The fraction of sp³-hybridized carbons (Fsp3) is 0.286. The molecule has 0 bridgehead atoms. The van der Waals surface area contributed by atoms with Crippen molar-refractivity contribution in [3.63, 3.8) is 0 Å². The number of rotatable bonds is 5. The molecule has 2 aromatic rings. The van der Waals surface area contributed by atoms with E-state index in [1.165, 1.54) is 5.56 Å². The first-order valence-corrected chi connectivity index (χ1v) is 6.04. The molecule has 0 aliphatic heterocycles. The molecule has 94 valence electrons. The van der Waals surface area contributed by atoms with Crippen molar-refractivity contribution in [1.82, 2.24) is 15.3 Å². The van der Waals surface area contributed by atoms with E-state index in [2.05, 4.69) is 34.3 Å². The molecule has 18 heavy (non-hydrogen) atoms. The van der Waals surface area contributed by atoms with Crippen molar-refractivity contribution in [2.75, 3.05) is 7.05 Å². The Kier molecular flexibility index (Phi) is 4.25. The zero-order chi connectivity index (χ0) is 12.8. The number of ether oxygens (including phenoxy) is 1. The lowest BCUT2D eigenvalue weighted by Crippen LogP contribution is -2.07. The van der Waals surface area contributed by atoms with Crippen molar-refractivity contribution in [2.24, 2.45) is 0 Å². The number of hydrogen-bond donors (Lipinski definition) is 1. The highest BCUT2D eigenvalue weighted by Crippen LogP contribution is 2.19. The Balaban J connectivity index is 2.03. The zero-order valence-corrected chi connectivity index (χ0v) is 10.7. The second-order valence-electron chi connectivity index (χ2n) is 3.98. The van der Waals surface area contributed by atoms with Crippen LogP contribution in [0.5, 0.6) is 11.6 Å². The zero-order valence-electron chi connectivity index (χ0n) is 10.7. The molecule has 0 aliphatic rings. The Bertz CT molecular complexity index is 479. The highest BCUT2D eigenvalue weighted by Gasteiger charge is 2.00. The highest BCUT2D eigenvalue weighted by atomic mass is 16.5. The van der Waals surface area contributed by atoms with Gasteiger partial charge >= 0.3 is 0 Å². The third kappa shape index (κ3) is 3.28. The molecule has 0 radical (unpaired) electrons. The van der Waals surface area contributed by atoms with Crippen LogP contribution in [0.1, 0.15) is 18.2 Å². The van der Waals surface area contributed by atoms with Gasteiger partial charge in [-0.05, 0) is 31.2 Å². The molecule has 1 heterocycles. The van der Waals surface area contributed by atoms with Gasteiger partial charge in [0, 0.05) is 6.54 Å². The van der Waals surface area contributed by atoms with Gasteiger partial charge in [-0.25, -0.2) is 4.98 Å². The third-order valence-corrected chi connectivity index (χ3v) is 2.59. The van der Waals surface area contributed by atoms with Gasteiger partial charge in [-0.3, -0.25) is 4.98 Å². The van der Waals surface area contributed by atoms with Gasteiger partial charge in [-0.1, -0.05) is 19.1 Å². The van der Waals surface area contributed by atoms with Crippen molar-refractivity contribution < 1.29 is 4.74 Å². The molecule has 1 aromatic carbocycles. The van der Waals surface area contributed by atoms with Crippen LogP contribution in [0.3, 0.4) is 0 Å². The fourth-order valence-corrected chi connectivity index (χ4v) is 1.58. The first kappa shape index (κ1) is 12.5. The van der Waals surface area contributed by atoms with Crippen LogP contribution in [0, 0.1) is 0 Å². The van der Waals surface area contributed by atoms with Crippen molar-refractivity contribution in [3.05, 3.63) is 47.9 Å². The number of aryl methyl sites for hydroxylation is 1. The summed E-state index contributed by atoms with van der Waals surface area (Å²) < 4.78 is 5.62. The summed E-state index contributed by atoms with van der Waals surface area (Å²) in [5.74, 6) is 1.29. The van der Waals surface area contributed by atoms with Crippen LogP contribution < -0.4 is 10.1 Å². The van der Waals surface area contributed by atoms with Crippen LogP contribution in [0.2, 0.25) is 0 Å². The predicted octanol–water partition coefficient (Wildman–Crippen LogP) is 2.55. The second-order valence-corrected chi connectivity index (χ2v) is 3.98. The van der Waals surface area contributed by atoms with E-state index in [9.17, 15) is 0 Å². The van der Waals surface area contributed by atoms with Gasteiger partial charge in [0.15, 0.2) is 0 Å². The first-order chi connectivity index (χ1) is 8.81. The minimum atomic E-state index is 0.513. The van der Waals surface area contributed by atoms with Crippen LogP contribution in [0.25, 0.3) is 0 Å². The van der Waals surface area contributed by atoms with Gasteiger partial charge in [0.25, 0.3) is 0 Å². The van der Waals surface area contributed by atoms with Gasteiger partial charge in [-0.2, -0.15) is 0 Å². The number of hydrogen-bond acceptors (Lipinski definition) is 4. The molecular weight excluding hydrogens is 226 g/mol. The van der Waals surface area contributed by atoms with Crippen molar-refractivity contribution >= 4 is 0 Å². The fourth-order valence-electron chi connectivity index (χ4n) is 1.58. The average molecular weight is 243 g/mol. The first-order valence-electron chi connectivity index (χ1n) is 6.04. The maximum atomic E-state index is 5.62. The molecule has 0 amide bonds. The van der Waals surface area contributed by atoms with Gasteiger partial charge in [0.2, 0.25) is 5.88 Å². The van der Waals surface area contributed by atoms with Crippen LogP contribution >= 0.6 is 0 Å². The van der Waals surface area contributed by atoms with Gasteiger partial charge in [0.1, 0.15) is 5.75 Å². The number of nitrogens with zero attached hydrogens (tertiary/aromatic N) is 2. The third-order valence-electron chi connectivity index (χ3n) is 2.59. The molecule has 1 N–H and O–H groups in total. The maximum Gasteiger partial charge on any atom is 0.237 e. The average Bonchev–Trinajstić information content (AvgIpc) is 2.42. The van der Waals surface area contributed by atoms with Crippen molar-refractivity contribution in [2.45, 2.75) is 19.9 Å². The number of benzene rings is 1. The van der Waals surface area contributed by atoms with Crippen LogP contribution in [-0.4, -0.2) is 17.0 Å². The largest absolute Gasteiger partial charge is 0.438 e. The lowest BCUT2D eigenvalue weighted by atomic mass is 10.2. The molecule has 0 spiro atoms. The van der Waals surface area contributed by atoms with E-state index in [4.69, 9.17) is 4.74 Å². The molecule has 4 heteroatoms. The van der Waals surface area contributed by atoms with E-state index >= 15 is 0 Å². The van der Waals surface area contributed by atoms with E-state index in [1.807, 2.05) is 19.2 Å². The van der Waals surface area contributed by atoms with E-state index in [-0.39, 0.29) is 0 Å². The van der Waals surface area contributed by atoms with Crippen LogP contribution in [0.4, 0.5) is 0 Å². The summed E-state index contributed by atoms with van der Waals surface area (Å²) in [5.41, 5.74) is 2.18. The standard InChI is InChI=1S/C14H17N3O/c1-3-11-4-6-13(7-5-11)18-14-10-16-12(8-15-2)9-17-14/h4-7,9-10,15H,3,8H2,1-2H3. The normalized spacial score (nSPS) is 10.3. The molecular formula is C14H17N3O. The Labute approximate surface area is 107 Å². The molecule has 0 unspecified atom stereocenters. The molecule has 4 nitrogen and oxygen atoms in total. The Morgan fingerprint density at radius 2 is 1.89 bits per heavy atom. The van der Waals surface area contributed by atoms with Crippen LogP contribution in [-0.2, 0) is 13.0 Å². The predicted molar refractivity (Wildman–Crippen MR) is 70.7 cm³/mol. The van der Waals surface area contributed by atoms with E-state index in [0.29, 0.717) is 12.4 Å². The minimum Gasteiger partial charge on any atom is -0.438 e. The summed E-state index contributed by atoms with van der Waals surface area (Å²) in [4.78, 5) is 8.46. The smallest absolute Gasteiger partial charge is 0.237 e. The molecule has 0 atom stereocenters. The van der Waals surface area contributed by atoms with E-state index in [0.717, 1.165) is 17.9 Å². The molecule has 2 rings (SSSR count). The summed E-state index contributed by atoms with van der Waals surface area (Å²) in [7, 11) is 1.88. The van der Waals surface area contributed by atoms with Gasteiger partial charge in [-0.15, -0.1) is 0 Å².